The van der Waals surface area contributed by atoms with Crippen molar-refractivity contribution in [3.05, 3.63) is 368 Å². The van der Waals surface area contributed by atoms with Crippen LogP contribution in [0.3, 0.4) is 0 Å². The molecule has 0 amide bonds. The Hall–Kier alpha value is -15.9. The van der Waals surface area contributed by atoms with E-state index in [4.69, 9.17) is 4.74 Å². The lowest BCUT2D eigenvalue weighted by molar-refractivity contribution is 0.415. The molecule has 0 saturated carbocycles. The van der Waals surface area contributed by atoms with Crippen molar-refractivity contribution < 1.29 is 4.74 Å². The van der Waals surface area contributed by atoms with Crippen molar-refractivity contribution in [3.8, 4) is 28.5 Å². The summed E-state index contributed by atoms with van der Waals surface area (Å²) in [7, 11) is 1.66. The van der Waals surface area contributed by atoms with Gasteiger partial charge in [0.25, 0.3) is 0 Å². The maximum Gasteiger partial charge on any atom is 0.160 e. The number of rotatable bonds is 15. The third-order valence-electron chi connectivity index (χ3n) is 20.9. The molecular formula is C97H78N20O. The van der Waals surface area contributed by atoms with Gasteiger partial charge in [-0.25, -0.2) is 19.9 Å². The average molecular weight is 1540 g/mol. The van der Waals surface area contributed by atoms with E-state index < -0.39 is 0 Å². The molecule has 13 aromatic carbocycles. The van der Waals surface area contributed by atoms with Gasteiger partial charge in [-0.3, -0.25) is 18.3 Å². The molecular weight excluding hydrogens is 1460 g/mol. The molecule has 0 radical (unpaired) electrons. The lowest BCUT2D eigenvalue weighted by Gasteiger charge is -2.12. The van der Waals surface area contributed by atoms with E-state index in [0.29, 0.717) is 0 Å². The fourth-order valence-electron chi connectivity index (χ4n) is 14.8. The van der Waals surface area contributed by atoms with Crippen LogP contribution in [0.25, 0.3) is 110 Å². The summed E-state index contributed by atoms with van der Waals surface area (Å²) in [5, 5.41) is 57.3. The van der Waals surface area contributed by atoms with Crippen LogP contribution in [0.4, 0.5) is 46.0 Å². The SMILES string of the molecule is COc1ccc(-n2cnc3cc(Nc4nnc(C)c5ccccc45)ccc32)cc1.Cc1ccc(-n2cnc3cc(Nc4nnc(C)c5ccccc45)ccc32)cc1.Cc1ccccc1-n1cnc2cc(Nc3nnc(Cc4ccccc4)c4ccccc34)ccc21.Cc1nnc(Nc2ccc3c(c2)ncn3-c2ccccc2)c2ccccc12. The molecule has 21 aromatic rings. The van der Waals surface area contributed by atoms with E-state index in [1.54, 1.807) is 7.11 Å². The van der Waals surface area contributed by atoms with Crippen molar-refractivity contribution in [2.24, 2.45) is 0 Å². The van der Waals surface area contributed by atoms with Crippen molar-refractivity contribution in [1.29, 1.82) is 0 Å². The Morgan fingerprint density at radius 2 is 0.602 bits per heavy atom. The van der Waals surface area contributed by atoms with Gasteiger partial charge in [0, 0.05) is 89.3 Å². The second-order valence-corrected chi connectivity index (χ2v) is 28.7. The number of benzene rings is 13. The minimum atomic E-state index is 0.736. The van der Waals surface area contributed by atoms with Crippen LogP contribution < -0.4 is 26.0 Å². The van der Waals surface area contributed by atoms with E-state index >= 15 is 0 Å². The first-order chi connectivity index (χ1) is 58.0. The molecule has 0 bridgehead atoms. The zero-order chi connectivity index (χ0) is 80.0. The fourth-order valence-corrected chi connectivity index (χ4v) is 14.8. The van der Waals surface area contributed by atoms with Crippen LogP contribution in [-0.2, 0) is 6.42 Å². The summed E-state index contributed by atoms with van der Waals surface area (Å²) in [6.45, 7) is 10.1. The molecule has 21 nitrogen and oxygen atoms in total. The van der Waals surface area contributed by atoms with Gasteiger partial charge in [-0.1, -0.05) is 181 Å². The molecule has 0 unspecified atom stereocenters. The van der Waals surface area contributed by atoms with Gasteiger partial charge in [0.2, 0.25) is 0 Å². The van der Waals surface area contributed by atoms with Gasteiger partial charge < -0.3 is 26.0 Å². The van der Waals surface area contributed by atoms with Crippen LogP contribution in [0, 0.1) is 34.6 Å². The third kappa shape index (κ3) is 15.3. The average Bonchev–Trinajstić information content (AvgIpc) is 1.55. The number of hydrogen-bond donors (Lipinski definition) is 4. The summed E-state index contributed by atoms with van der Waals surface area (Å²) in [6, 6.07) is 103. The Bertz CT molecular complexity index is 7230. The number of nitrogens with one attached hydrogen (secondary N) is 4. The topological polar surface area (TPSA) is 232 Å². The predicted molar refractivity (Wildman–Crippen MR) is 475 cm³/mol. The predicted octanol–water partition coefficient (Wildman–Crippen LogP) is 22.0. The summed E-state index contributed by atoms with van der Waals surface area (Å²) < 4.78 is 13.6. The lowest BCUT2D eigenvalue weighted by atomic mass is 10.0. The normalized spacial score (nSPS) is 11.2. The second-order valence-electron chi connectivity index (χ2n) is 28.7. The molecule has 0 saturated heterocycles. The number of aromatic nitrogens is 16. The quantitative estimate of drug-likeness (QED) is 0.0747. The van der Waals surface area contributed by atoms with E-state index in [2.05, 4.69) is 284 Å². The van der Waals surface area contributed by atoms with Crippen molar-refractivity contribution in [3.63, 3.8) is 0 Å². The number of methoxy groups -OCH3 is 1. The fraction of sp³-hybridized carbons (Fsp3) is 0.0722. The summed E-state index contributed by atoms with van der Waals surface area (Å²) in [6.07, 6.45) is 8.17. The van der Waals surface area contributed by atoms with E-state index in [-0.39, 0.29) is 0 Å². The molecule has 8 heterocycles. The number of para-hydroxylation sites is 2. The van der Waals surface area contributed by atoms with Crippen LogP contribution in [0.15, 0.2) is 329 Å². The Kier molecular flexibility index (Phi) is 20.4. The molecule has 21 heteroatoms. The Balaban J connectivity index is 0.000000109. The number of fused-ring (bicyclic) bond motifs is 8. The van der Waals surface area contributed by atoms with E-state index in [0.717, 1.165) is 191 Å². The second kappa shape index (κ2) is 32.7. The molecule has 0 atom stereocenters. The van der Waals surface area contributed by atoms with Gasteiger partial charge in [-0.05, 0) is 173 Å². The molecule has 0 aliphatic heterocycles. The van der Waals surface area contributed by atoms with Gasteiger partial charge in [0.1, 0.15) is 31.1 Å². The maximum atomic E-state index is 5.24. The van der Waals surface area contributed by atoms with Gasteiger partial charge in [-0.2, -0.15) is 20.4 Å². The van der Waals surface area contributed by atoms with E-state index in [1.807, 2.05) is 180 Å². The number of nitrogens with zero attached hydrogens (tertiary/aromatic N) is 16. The minimum absolute atomic E-state index is 0.736. The van der Waals surface area contributed by atoms with Crippen LogP contribution in [0.2, 0.25) is 0 Å². The molecule has 0 spiro atoms. The molecule has 4 N–H and O–H groups in total. The van der Waals surface area contributed by atoms with Crippen molar-refractivity contribution in [2.75, 3.05) is 28.4 Å². The largest absolute Gasteiger partial charge is 0.497 e. The molecule has 572 valence electrons. The third-order valence-corrected chi connectivity index (χ3v) is 20.9. The number of imidazole rings is 4. The first kappa shape index (κ1) is 73.6. The Labute approximate surface area is 679 Å². The van der Waals surface area contributed by atoms with Crippen molar-refractivity contribution in [1.82, 2.24) is 79.0 Å². The maximum absolute atomic E-state index is 5.24. The number of aryl methyl sites for hydroxylation is 5. The van der Waals surface area contributed by atoms with Crippen molar-refractivity contribution >= 4 is 133 Å². The van der Waals surface area contributed by atoms with Gasteiger partial charge >= 0.3 is 0 Å². The number of ether oxygens (including phenoxy) is 1. The zero-order valence-corrected chi connectivity index (χ0v) is 65.4. The molecule has 8 aromatic heterocycles. The number of hydrogen-bond acceptors (Lipinski definition) is 17. The first-order valence-electron chi connectivity index (χ1n) is 38.7. The highest BCUT2D eigenvalue weighted by atomic mass is 16.5. The summed E-state index contributed by atoms with van der Waals surface area (Å²) in [4.78, 5) is 18.4. The highest BCUT2D eigenvalue weighted by molar-refractivity contribution is 5.99. The van der Waals surface area contributed by atoms with Gasteiger partial charge in [0.15, 0.2) is 23.3 Å². The van der Waals surface area contributed by atoms with E-state index in [9.17, 15) is 0 Å². The van der Waals surface area contributed by atoms with Crippen molar-refractivity contribution in [2.45, 2.75) is 41.0 Å². The lowest BCUT2D eigenvalue weighted by Crippen LogP contribution is -2.02. The Morgan fingerprint density at radius 1 is 0.280 bits per heavy atom. The van der Waals surface area contributed by atoms with Crippen LogP contribution in [0.1, 0.15) is 39.5 Å². The number of anilines is 8. The minimum Gasteiger partial charge on any atom is -0.497 e. The van der Waals surface area contributed by atoms with E-state index in [1.165, 1.54) is 16.7 Å². The summed E-state index contributed by atoms with van der Waals surface area (Å²) in [5.41, 5.74) is 23.4. The molecule has 0 fully saturated rings. The summed E-state index contributed by atoms with van der Waals surface area (Å²) >= 11 is 0. The molecule has 0 aliphatic carbocycles. The van der Waals surface area contributed by atoms with Gasteiger partial charge in [-0.15, -0.1) is 20.4 Å². The monoisotopic (exact) mass is 1540 g/mol. The van der Waals surface area contributed by atoms with Crippen LogP contribution in [-0.4, -0.2) is 86.1 Å². The Morgan fingerprint density at radius 3 is 1.01 bits per heavy atom. The standard InChI is InChI=1S/C29H23N5.C23H19N5O.C23H19N5.C22H17N5/c1-20-9-5-8-14-27(20)34-19-30-26-18-22(15-16-28(26)34)31-29-24-13-7-6-12-23(24)25(32-33-29)17-21-10-3-2-4-11-21;1-15-19-5-3-4-6-20(19)23(27-26-15)25-16-7-12-22-21(13-16)24-14-28(22)17-8-10-18(29-2)11-9-17;1-15-7-10-18(11-8-15)28-14-24-21-13-17(9-12-22(21)28)25-23-20-6-4-3-5-19(20)16(2)26-27-23;1-15-18-9-5-6-10-19(18)22(26-25-15)24-16-11-12-21-20(13-16)23-14-27(21)17-7-3-2-4-8-17/h2-16,18-19H,17H2,1H3,(H,31,33);3-14H,1-2H3,(H,25,27);3-14H,1-2H3,(H,25,27);2-14H,1H3,(H,24,26). The highest BCUT2D eigenvalue weighted by Crippen LogP contribution is 2.35. The molecule has 0 aliphatic rings. The first-order valence-corrected chi connectivity index (χ1v) is 38.7. The summed E-state index contributed by atoms with van der Waals surface area (Å²) in [5.74, 6) is 3.80. The van der Waals surface area contributed by atoms with Crippen LogP contribution in [0.5, 0.6) is 5.75 Å². The molecule has 21 rings (SSSR count). The van der Waals surface area contributed by atoms with Gasteiger partial charge in [0.05, 0.1) is 79.7 Å². The van der Waals surface area contributed by atoms with Crippen LogP contribution >= 0.6 is 0 Å². The zero-order valence-electron chi connectivity index (χ0n) is 65.4. The molecule has 118 heavy (non-hydrogen) atoms. The smallest absolute Gasteiger partial charge is 0.160 e. The highest BCUT2D eigenvalue weighted by Gasteiger charge is 2.17.